The summed E-state index contributed by atoms with van der Waals surface area (Å²) in [6.45, 7) is 0.555. The van der Waals surface area contributed by atoms with Gasteiger partial charge in [-0.1, -0.05) is 0 Å². The van der Waals surface area contributed by atoms with Crippen molar-refractivity contribution in [1.29, 1.82) is 0 Å². The van der Waals surface area contributed by atoms with Gasteiger partial charge in [0.05, 0.1) is 22.9 Å². The Hall–Kier alpha value is -1.82. The molecule has 1 aromatic carbocycles. The largest absolute Gasteiger partial charge is 0.397 e. The van der Waals surface area contributed by atoms with Crippen LogP contribution in [0.3, 0.4) is 0 Å². The fourth-order valence-corrected chi connectivity index (χ4v) is 1.91. The number of nitro groups is 1. The van der Waals surface area contributed by atoms with E-state index < -0.39 is 4.92 Å². The van der Waals surface area contributed by atoms with Crippen molar-refractivity contribution < 1.29 is 10.0 Å². The standard InChI is InChI=1S/C11H15N3O3/c12-10-7-9(14(16)17)3-4-11(10)13(5-6-15)8-1-2-8/h3-4,7-8,15H,1-2,5-6,12H2. The molecule has 0 amide bonds. The lowest BCUT2D eigenvalue weighted by molar-refractivity contribution is -0.384. The van der Waals surface area contributed by atoms with Gasteiger partial charge in [-0.3, -0.25) is 10.1 Å². The fraction of sp³-hybridized carbons (Fsp3) is 0.455. The minimum absolute atomic E-state index is 0.00834. The van der Waals surface area contributed by atoms with Crippen molar-refractivity contribution in [3.63, 3.8) is 0 Å². The molecule has 92 valence electrons. The lowest BCUT2D eigenvalue weighted by Crippen LogP contribution is -2.29. The highest BCUT2D eigenvalue weighted by Gasteiger charge is 2.30. The van der Waals surface area contributed by atoms with Gasteiger partial charge in [0, 0.05) is 24.7 Å². The van der Waals surface area contributed by atoms with Crippen molar-refractivity contribution in [2.45, 2.75) is 18.9 Å². The molecule has 6 nitrogen and oxygen atoms in total. The second-order valence-electron chi connectivity index (χ2n) is 4.15. The number of hydrogen-bond donors (Lipinski definition) is 2. The van der Waals surface area contributed by atoms with Crippen molar-refractivity contribution in [3.05, 3.63) is 28.3 Å². The normalized spacial score (nSPS) is 14.6. The summed E-state index contributed by atoms with van der Waals surface area (Å²) in [7, 11) is 0. The Kier molecular flexibility index (Phi) is 3.14. The zero-order valence-electron chi connectivity index (χ0n) is 9.37. The summed E-state index contributed by atoms with van der Waals surface area (Å²) in [5.74, 6) is 0. The monoisotopic (exact) mass is 237 g/mol. The van der Waals surface area contributed by atoms with E-state index in [1.54, 1.807) is 6.07 Å². The van der Waals surface area contributed by atoms with Crippen LogP contribution in [0, 0.1) is 10.1 Å². The fourth-order valence-electron chi connectivity index (χ4n) is 1.91. The maximum Gasteiger partial charge on any atom is 0.271 e. The molecule has 1 aliphatic carbocycles. The van der Waals surface area contributed by atoms with Crippen LogP contribution in [0.4, 0.5) is 17.1 Å². The number of hydrogen-bond acceptors (Lipinski definition) is 5. The van der Waals surface area contributed by atoms with E-state index in [2.05, 4.69) is 0 Å². The van der Waals surface area contributed by atoms with Gasteiger partial charge in [-0.05, 0) is 18.9 Å². The highest BCUT2D eigenvalue weighted by atomic mass is 16.6. The van der Waals surface area contributed by atoms with Gasteiger partial charge in [-0.2, -0.15) is 0 Å². The Labute approximate surface area is 98.8 Å². The second-order valence-corrected chi connectivity index (χ2v) is 4.15. The lowest BCUT2D eigenvalue weighted by atomic mass is 10.2. The van der Waals surface area contributed by atoms with Gasteiger partial charge in [-0.25, -0.2) is 0 Å². The molecular formula is C11H15N3O3. The number of non-ortho nitro benzene ring substituents is 1. The molecule has 0 saturated heterocycles. The van der Waals surface area contributed by atoms with E-state index >= 15 is 0 Å². The van der Waals surface area contributed by atoms with E-state index in [0.29, 0.717) is 18.3 Å². The molecule has 17 heavy (non-hydrogen) atoms. The predicted octanol–water partition coefficient (Wildman–Crippen LogP) is 1.14. The van der Waals surface area contributed by atoms with E-state index in [1.165, 1.54) is 12.1 Å². The number of benzene rings is 1. The number of aliphatic hydroxyl groups is 1. The summed E-state index contributed by atoms with van der Waals surface area (Å²) in [6.07, 6.45) is 2.16. The third-order valence-corrected chi connectivity index (χ3v) is 2.86. The van der Waals surface area contributed by atoms with E-state index in [-0.39, 0.29) is 12.3 Å². The second kappa shape index (κ2) is 4.58. The Morgan fingerprint density at radius 3 is 2.71 bits per heavy atom. The minimum atomic E-state index is -0.465. The third kappa shape index (κ3) is 2.47. The zero-order chi connectivity index (χ0) is 12.4. The van der Waals surface area contributed by atoms with Gasteiger partial charge in [-0.15, -0.1) is 0 Å². The maximum absolute atomic E-state index is 10.6. The highest BCUT2D eigenvalue weighted by Crippen LogP contribution is 2.35. The minimum Gasteiger partial charge on any atom is -0.397 e. The van der Waals surface area contributed by atoms with Crippen molar-refractivity contribution >= 4 is 17.1 Å². The van der Waals surface area contributed by atoms with Crippen LogP contribution in [0.2, 0.25) is 0 Å². The van der Waals surface area contributed by atoms with Crippen LogP contribution in [0.25, 0.3) is 0 Å². The van der Waals surface area contributed by atoms with Gasteiger partial charge in [0.25, 0.3) is 5.69 Å². The average molecular weight is 237 g/mol. The first-order chi connectivity index (χ1) is 8.13. The smallest absolute Gasteiger partial charge is 0.271 e. The van der Waals surface area contributed by atoms with Gasteiger partial charge in [0.15, 0.2) is 0 Å². The molecule has 0 aromatic heterocycles. The first-order valence-corrected chi connectivity index (χ1v) is 5.55. The quantitative estimate of drug-likeness (QED) is 0.455. The van der Waals surface area contributed by atoms with Gasteiger partial charge >= 0.3 is 0 Å². The average Bonchev–Trinajstić information content (AvgIpc) is 3.10. The van der Waals surface area contributed by atoms with Gasteiger partial charge < -0.3 is 15.7 Å². The summed E-state index contributed by atoms with van der Waals surface area (Å²) in [6, 6.07) is 4.87. The molecule has 1 aliphatic rings. The van der Waals surface area contributed by atoms with E-state index in [0.717, 1.165) is 18.5 Å². The number of aliphatic hydroxyl groups excluding tert-OH is 1. The number of rotatable bonds is 5. The maximum atomic E-state index is 10.6. The first kappa shape index (κ1) is 11.7. The van der Waals surface area contributed by atoms with Gasteiger partial charge in [0.1, 0.15) is 0 Å². The molecule has 1 fully saturated rings. The molecule has 1 saturated carbocycles. The Morgan fingerprint density at radius 2 is 2.24 bits per heavy atom. The van der Waals surface area contributed by atoms with Crippen molar-refractivity contribution in [2.75, 3.05) is 23.8 Å². The van der Waals surface area contributed by atoms with E-state index in [9.17, 15) is 10.1 Å². The summed E-state index contributed by atoms with van der Waals surface area (Å²) in [4.78, 5) is 12.2. The molecular weight excluding hydrogens is 222 g/mol. The van der Waals surface area contributed by atoms with E-state index in [4.69, 9.17) is 10.8 Å². The van der Waals surface area contributed by atoms with Crippen LogP contribution >= 0.6 is 0 Å². The molecule has 0 heterocycles. The molecule has 2 rings (SSSR count). The number of anilines is 2. The van der Waals surface area contributed by atoms with Crippen LogP contribution in [0.1, 0.15) is 12.8 Å². The molecule has 0 atom stereocenters. The number of nitrogens with zero attached hydrogens (tertiary/aromatic N) is 2. The molecule has 0 bridgehead atoms. The molecule has 6 heteroatoms. The summed E-state index contributed by atoms with van der Waals surface area (Å²) in [5, 5.41) is 19.6. The van der Waals surface area contributed by atoms with Crippen LogP contribution in [0.15, 0.2) is 18.2 Å². The molecule has 0 spiro atoms. The van der Waals surface area contributed by atoms with Crippen LogP contribution in [0.5, 0.6) is 0 Å². The predicted molar refractivity (Wildman–Crippen MR) is 65.0 cm³/mol. The number of nitro benzene ring substituents is 1. The van der Waals surface area contributed by atoms with Gasteiger partial charge in [0.2, 0.25) is 0 Å². The Bertz CT molecular complexity index is 432. The van der Waals surface area contributed by atoms with Crippen LogP contribution < -0.4 is 10.6 Å². The van der Waals surface area contributed by atoms with Crippen LogP contribution in [-0.2, 0) is 0 Å². The number of nitrogens with two attached hydrogens (primary N) is 1. The molecule has 0 aliphatic heterocycles. The Morgan fingerprint density at radius 1 is 1.53 bits per heavy atom. The molecule has 0 radical (unpaired) electrons. The Balaban J connectivity index is 2.27. The van der Waals surface area contributed by atoms with Crippen molar-refractivity contribution in [2.24, 2.45) is 0 Å². The van der Waals surface area contributed by atoms with Crippen molar-refractivity contribution in [3.8, 4) is 0 Å². The van der Waals surface area contributed by atoms with Crippen molar-refractivity contribution in [1.82, 2.24) is 0 Å². The van der Waals surface area contributed by atoms with Crippen LogP contribution in [-0.4, -0.2) is 29.2 Å². The topological polar surface area (TPSA) is 92.6 Å². The molecule has 0 unspecified atom stereocenters. The third-order valence-electron chi connectivity index (χ3n) is 2.86. The SMILES string of the molecule is Nc1cc([N+](=O)[O-])ccc1N(CCO)C1CC1. The molecule has 3 N–H and O–H groups in total. The zero-order valence-corrected chi connectivity index (χ0v) is 9.37. The summed E-state index contributed by atoms with van der Waals surface area (Å²) in [5.41, 5.74) is 6.98. The lowest BCUT2D eigenvalue weighted by Gasteiger charge is -2.24. The van der Waals surface area contributed by atoms with E-state index in [1.807, 2.05) is 4.90 Å². The molecule has 1 aromatic rings. The summed E-state index contributed by atoms with van der Waals surface area (Å²) >= 11 is 0. The highest BCUT2D eigenvalue weighted by molar-refractivity contribution is 5.71. The number of nitrogen functional groups attached to an aromatic ring is 1. The summed E-state index contributed by atoms with van der Waals surface area (Å²) < 4.78 is 0. The first-order valence-electron chi connectivity index (χ1n) is 5.55.